The molecule has 1 aromatic heterocycles. The number of anilines is 2. The summed E-state index contributed by atoms with van der Waals surface area (Å²) in [5.74, 6) is -1.14. The molecule has 1 aromatic rings. The molecule has 1 heterocycles. The quantitative estimate of drug-likeness (QED) is 0.681. The molecular formula is C12H18N4O3. The lowest BCUT2D eigenvalue weighted by molar-refractivity contribution is -0.116. The molecule has 0 aliphatic rings. The summed E-state index contributed by atoms with van der Waals surface area (Å²) in [4.78, 5) is 27.8. The van der Waals surface area contributed by atoms with Gasteiger partial charge in [0.05, 0.1) is 17.8 Å². The predicted molar refractivity (Wildman–Crippen MR) is 71.9 cm³/mol. The third-order valence-electron chi connectivity index (χ3n) is 2.43. The van der Waals surface area contributed by atoms with Crippen LogP contribution in [0.4, 0.5) is 11.5 Å². The zero-order chi connectivity index (χ0) is 14.6. The van der Waals surface area contributed by atoms with Gasteiger partial charge in [-0.05, 0) is 12.0 Å². The molecule has 1 rings (SSSR count). The van der Waals surface area contributed by atoms with Crippen LogP contribution in [0.2, 0.25) is 0 Å². The van der Waals surface area contributed by atoms with Gasteiger partial charge in [0.15, 0.2) is 5.82 Å². The molecule has 7 nitrogen and oxygen atoms in total. The van der Waals surface area contributed by atoms with E-state index in [1.54, 1.807) is 4.90 Å². The zero-order valence-electron chi connectivity index (χ0n) is 11.0. The zero-order valence-corrected chi connectivity index (χ0v) is 11.0. The molecule has 0 fully saturated rings. The topological polar surface area (TPSA) is 123 Å². The van der Waals surface area contributed by atoms with Gasteiger partial charge in [0.2, 0.25) is 5.91 Å². The molecule has 7 heteroatoms. The standard InChI is InChI=1S/C12H18N4O3/c1-7(2)5-16(6-9(13)17)11-10(14)8(12(18)19)3-4-15-11/h3-4,7H,5-6,14H2,1-2H3,(H2,13,17)(H,18,19). The van der Waals surface area contributed by atoms with Crippen molar-refractivity contribution in [3.8, 4) is 0 Å². The van der Waals surface area contributed by atoms with Crippen molar-refractivity contribution in [3.05, 3.63) is 17.8 Å². The van der Waals surface area contributed by atoms with Crippen LogP contribution in [0.15, 0.2) is 12.3 Å². The number of rotatable bonds is 6. The molecule has 1 amide bonds. The number of carboxylic acids is 1. The lowest BCUT2D eigenvalue weighted by atomic mass is 10.1. The molecule has 0 aliphatic carbocycles. The van der Waals surface area contributed by atoms with E-state index in [-0.39, 0.29) is 29.5 Å². The van der Waals surface area contributed by atoms with Crippen LogP contribution in [-0.2, 0) is 4.79 Å². The van der Waals surface area contributed by atoms with Gasteiger partial charge in [-0.3, -0.25) is 4.79 Å². The third-order valence-corrected chi connectivity index (χ3v) is 2.43. The number of carbonyl (C=O) groups is 2. The summed E-state index contributed by atoms with van der Waals surface area (Å²) in [5, 5.41) is 9.02. The fraction of sp³-hybridized carbons (Fsp3) is 0.417. The second-order valence-electron chi connectivity index (χ2n) is 4.64. The van der Waals surface area contributed by atoms with Crippen molar-refractivity contribution in [1.29, 1.82) is 0 Å². The van der Waals surface area contributed by atoms with Crippen molar-refractivity contribution >= 4 is 23.4 Å². The average Bonchev–Trinajstić information content (AvgIpc) is 2.26. The van der Waals surface area contributed by atoms with Gasteiger partial charge < -0.3 is 21.5 Å². The van der Waals surface area contributed by atoms with E-state index < -0.39 is 11.9 Å². The number of nitrogens with zero attached hydrogens (tertiary/aromatic N) is 2. The number of nitrogen functional groups attached to an aromatic ring is 1. The lowest BCUT2D eigenvalue weighted by Crippen LogP contribution is -2.37. The molecule has 0 radical (unpaired) electrons. The smallest absolute Gasteiger partial charge is 0.337 e. The molecule has 19 heavy (non-hydrogen) atoms. The van der Waals surface area contributed by atoms with Gasteiger partial charge in [0, 0.05) is 12.7 Å². The first-order chi connectivity index (χ1) is 8.82. The summed E-state index contributed by atoms with van der Waals surface area (Å²) in [6.07, 6.45) is 1.35. The van der Waals surface area contributed by atoms with Crippen molar-refractivity contribution in [2.24, 2.45) is 11.7 Å². The van der Waals surface area contributed by atoms with E-state index in [0.717, 1.165) is 0 Å². The first-order valence-corrected chi connectivity index (χ1v) is 5.84. The van der Waals surface area contributed by atoms with Crippen molar-refractivity contribution < 1.29 is 14.7 Å². The number of amides is 1. The molecule has 0 bridgehead atoms. The Bertz CT molecular complexity index is 488. The Labute approximate surface area is 111 Å². The highest BCUT2D eigenvalue weighted by atomic mass is 16.4. The highest BCUT2D eigenvalue weighted by molar-refractivity contribution is 5.96. The maximum absolute atomic E-state index is 11.1. The number of carbonyl (C=O) groups excluding carboxylic acids is 1. The van der Waals surface area contributed by atoms with E-state index in [2.05, 4.69) is 4.98 Å². The third kappa shape index (κ3) is 3.84. The number of hydrogen-bond acceptors (Lipinski definition) is 5. The Hall–Kier alpha value is -2.31. The number of primary amides is 1. The van der Waals surface area contributed by atoms with Crippen LogP contribution in [0.25, 0.3) is 0 Å². The summed E-state index contributed by atoms with van der Waals surface area (Å²) in [6.45, 7) is 4.37. The number of aromatic nitrogens is 1. The van der Waals surface area contributed by atoms with Crippen LogP contribution in [0.1, 0.15) is 24.2 Å². The van der Waals surface area contributed by atoms with Crippen molar-refractivity contribution in [2.75, 3.05) is 23.7 Å². The minimum Gasteiger partial charge on any atom is -0.478 e. The molecule has 0 aromatic carbocycles. The van der Waals surface area contributed by atoms with Crippen molar-refractivity contribution in [2.45, 2.75) is 13.8 Å². The van der Waals surface area contributed by atoms with Crippen LogP contribution >= 0.6 is 0 Å². The van der Waals surface area contributed by atoms with Crippen molar-refractivity contribution in [3.63, 3.8) is 0 Å². The van der Waals surface area contributed by atoms with Gasteiger partial charge in [-0.2, -0.15) is 0 Å². The van der Waals surface area contributed by atoms with E-state index in [1.807, 2.05) is 13.8 Å². The maximum Gasteiger partial charge on any atom is 0.337 e. The van der Waals surface area contributed by atoms with Gasteiger partial charge in [-0.1, -0.05) is 13.8 Å². The van der Waals surface area contributed by atoms with E-state index in [0.29, 0.717) is 6.54 Å². The molecule has 0 unspecified atom stereocenters. The first kappa shape index (κ1) is 14.7. The number of hydrogen-bond donors (Lipinski definition) is 3. The Morgan fingerprint density at radius 2 is 2.11 bits per heavy atom. The normalized spacial score (nSPS) is 10.5. The number of aromatic carboxylic acids is 1. The van der Waals surface area contributed by atoms with Crippen LogP contribution in [-0.4, -0.2) is 35.1 Å². The number of nitrogens with two attached hydrogens (primary N) is 2. The molecular weight excluding hydrogens is 248 g/mol. The Balaban J connectivity index is 3.18. The largest absolute Gasteiger partial charge is 0.478 e. The van der Waals surface area contributed by atoms with Crippen LogP contribution in [0.5, 0.6) is 0 Å². The fourth-order valence-corrected chi connectivity index (χ4v) is 1.76. The minimum atomic E-state index is -1.13. The van der Waals surface area contributed by atoms with Gasteiger partial charge in [-0.25, -0.2) is 9.78 Å². The Morgan fingerprint density at radius 1 is 1.47 bits per heavy atom. The van der Waals surface area contributed by atoms with Gasteiger partial charge in [-0.15, -0.1) is 0 Å². The minimum absolute atomic E-state index is 0.0387. The molecule has 0 spiro atoms. The Kier molecular flexibility index (Phi) is 4.68. The Morgan fingerprint density at radius 3 is 2.58 bits per heavy atom. The molecule has 0 aliphatic heterocycles. The summed E-state index contributed by atoms with van der Waals surface area (Å²) in [7, 11) is 0. The molecule has 0 saturated carbocycles. The van der Waals surface area contributed by atoms with Crippen LogP contribution in [0, 0.1) is 5.92 Å². The van der Waals surface area contributed by atoms with E-state index >= 15 is 0 Å². The summed E-state index contributed by atoms with van der Waals surface area (Å²) in [5.41, 5.74) is 11.0. The highest BCUT2D eigenvalue weighted by Gasteiger charge is 2.19. The monoisotopic (exact) mass is 266 g/mol. The van der Waals surface area contributed by atoms with Crippen LogP contribution in [0.3, 0.4) is 0 Å². The van der Waals surface area contributed by atoms with Crippen LogP contribution < -0.4 is 16.4 Å². The maximum atomic E-state index is 11.1. The van der Waals surface area contributed by atoms with Gasteiger partial charge in [0.25, 0.3) is 0 Å². The first-order valence-electron chi connectivity index (χ1n) is 5.84. The second-order valence-corrected chi connectivity index (χ2v) is 4.64. The van der Waals surface area contributed by atoms with E-state index in [4.69, 9.17) is 16.6 Å². The summed E-state index contributed by atoms with van der Waals surface area (Å²) in [6, 6.07) is 1.32. The predicted octanol–water partition coefficient (Wildman–Crippen LogP) is 0.310. The van der Waals surface area contributed by atoms with E-state index in [1.165, 1.54) is 12.3 Å². The average molecular weight is 266 g/mol. The molecule has 104 valence electrons. The highest BCUT2D eigenvalue weighted by Crippen LogP contribution is 2.24. The lowest BCUT2D eigenvalue weighted by Gasteiger charge is -2.25. The van der Waals surface area contributed by atoms with Crippen molar-refractivity contribution in [1.82, 2.24) is 4.98 Å². The SMILES string of the molecule is CC(C)CN(CC(N)=O)c1nccc(C(=O)O)c1N. The molecule has 0 saturated heterocycles. The van der Waals surface area contributed by atoms with Gasteiger partial charge >= 0.3 is 5.97 Å². The fourth-order valence-electron chi connectivity index (χ4n) is 1.76. The van der Waals surface area contributed by atoms with Gasteiger partial charge in [0.1, 0.15) is 0 Å². The number of pyridine rings is 1. The van der Waals surface area contributed by atoms with E-state index in [9.17, 15) is 9.59 Å². The number of carboxylic acid groups (broad SMARTS) is 1. The summed E-state index contributed by atoms with van der Waals surface area (Å²) >= 11 is 0. The summed E-state index contributed by atoms with van der Waals surface area (Å²) < 4.78 is 0. The second kappa shape index (κ2) is 6.03. The molecule has 0 atom stereocenters. The molecule has 5 N–H and O–H groups in total.